The highest BCUT2D eigenvalue weighted by Gasteiger charge is 2.07. The highest BCUT2D eigenvalue weighted by atomic mass is 19.1. The lowest BCUT2D eigenvalue weighted by Crippen LogP contribution is -2.06. The third-order valence-electron chi connectivity index (χ3n) is 2.48. The first kappa shape index (κ1) is 14.2. The molecule has 0 aromatic heterocycles. The van der Waals surface area contributed by atoms with Gasteiger partial charge >= 0.3 is 5.97 Å². The summed E-state index contributed by atoms with van der Waals surface area (Å²) in [5.41, 5.74) is 1.43. The van der Waals surface area contributed by atoms with E-state index in [1.54, 1.807) is 18.2 Å². The van der Waals surface area contributed by atoms with Crippen LogP contribution in [0.5, 0.6) is 5.75 Å². The van der Waals surface area contributed by atoms with Crippen molar-refractivity contribution in [2.24, 2.45) is 0 Å². The van der Waals surface area contributed by atoms with E-state index in [2.05, 4.69) is 4.74 Å². The zero-order valence-corrected chi connectivity index (χ0v) is 10.8. The first-order valence-electron chi connectivity index (χ1n) is 5.74. The Hall–Kier alpha value is -1.84. The minimum absolute atomic E-state index is 0.138. The van der Waals surface area contributed by atoms with Crippen molar-refractivity contribution in [3.8, 4) is 5.75 Å². The molecule has 0 N–H and O–H groups in total. The molecule has 98 valence electrons. The van der Waals surface area contributed by atoms with Crippen LogP contribution in [0.25, 0.3) is 0 Å². The van der Waals surface area contributed by atoms with Gasteiger partial charge in [0.25, 0.3) is 0 Å². The van der Waals surface area contributed by atoms with Gasteiger partial charge in [0.05, 0.1) is 7.11 Å². The van der Waals surface area contributed by atoms with E-state index in [0.29, 0.717) is 12.0 Å². The summed E-state index contributed by atoms with van der Waals surface area (Å²) >= 11 is 0. The molecule has 0 aliphatic heterocycles. The zero-order valence-electron chi connectivity index (χ0n) is 10.8. The Morgan fingerprint density at radius 1 is 1.44 bits per heavy atom. The molecule has 4 heteroatoms. The van der Waals surface area contributed by atoms with Gasteiger partial charge in [-0.3, -0.25) is 0 Å². The lowest BCUT2D eigenvalue weighted by Gasteiger charge is -2.07. The van der Waals surface area contributed by atoms with Crippen molar-refractivity contribution >= 4 is 5.97 Å². The third-order valence-corrected chi connectivity index (χ3v) is 2.48. The maximum Gasteiger partial charge on any atom is 0.333 e. The number of rotatable bonds is 5. The molecule has 18 heavy (non-hydrogen) atoms. The molecule has 0 bridgehead atoms. The van der Waals surface area contributed by atoms with E-state index in [0.717, 1.165) is 5.56 Å². The normalized spacial score (nSPS) is 11.2. The van der Waals surface area contributed by atoms with Crippen LogP contribution < -0.4 is 4.74 Å². The monoisotopic (exact) mass is 252 g/mol. The second-order valence-corrected chi connectivity index (χ2v) is 3.82. The Labute approximate surface area is 106 Å². The second kappa shape index (κ2) is 6.79. The average molecular weight is 252 g/mol. The number of hydrogen-bond donors (Lipinski definition) is 0. The fourth-order valence-corrected chi connectivity index (χ4v) is 1.46. The van der Waals surface area contributed by atoms with Crippen LogP contribution >= 0.6 is 0 Å². The van der Waals surface area contributed by atoms with Gasteiger partial charge in [-0.2, -0.15) is 0 Å². The van der Waals surface area contributed by atoms with Crippen LogP contribution in [0.3, 0.4) is 0 Å². The highest BCUT2D eigenvalue weighted by molar-refractivity contribution is 5.88. The Morgan fingerprint density at radius 3 is 2.78 bits per heavy atom. The Bertz CT molecular complexity index is 452. The fourth-order valence-electron chi connectivity index (χ4n) is 1.46. The molecule has 0 spiro atoms. The molecule has 0 saturated carbocycles. The molecule has 3 nitrogen and oxygen atoms in total. The summed E-state index contributed by atoms with van der Waals surface area (Å²) in [5, 5.41) is 0. The van der Waals surface area contributed by atoms with Crippen LogP contribution in [0.1, 0.15) is 18.9 Å². The lowest BCUT2D eigenvalue weighted by molar-refractivity contribution is -0.136. The van der Waals surface area contributed by atoms with Gasteiger partial charge in [-0.15, -0.1) is 0 Å². The summed E-state index contributed by atoms with van der Waals surface area (Å²) in [6.07, 6.45) is 2.15. The standard InChI is InChI=1S/C14H17FO3/c1-4-11(14(16)17-3)7-8-18-13-9-10(2)5-6-12(13)15/h5-7,9H,4,8H2,1-3H3. The zero-order chi connectivity index (χ0) is 13.5. The summed E-state index contributed by atoms with van der Waals surface area (Å²) in [7, 11) is 1.33. The van der Waals surface area contributed by atoms with E-state index in [-0.39, 0.29) is 18.3 Å². The van der Waals surface area contributed by atoms with E-state index in [9.17, 15) is 9.18 Å². The van der Waals surface area contributed by atoms with Crippen molar-refractivity contribution in [2.45, 2.75) is 20.3 Å². The van der Waals surface area contributed by atoms with E-state index >= 15 is 0 Å². The summed E-state index contributed by atoms with van der Waals surface area (Å²) in [5.74, 6) is -0.609. The number of benzene rings is 1. The SMILES string of the molecule is CCC(=CCOc1cc(C)ccc1F)C(=O)OC. The van der Waals surface area contributed by atoms with Gasteiger partial charge in [0.15, 0.2) is 11.6 Å². The molecule has 0 atom stereocenters. The fraction of sp³-hybridized carbons (Fsp3) is 0.357. The first-order chi connectivity index (χ1) is 8.58. The van der Waals surface area contributed by atoms with E-state index in [1.807, 2.05) is 13.8 Å². The molecule has 0 radical (unpaired) electrons. The summed E-state index contributed by atoms with van der Waals surface area (Å²) in [4.78, 5) is 11.3. The van der Waals surface area contributed by atoms with Crippen molar-refractivity contribution in [3.63, 3.8) is 0 Å². The Kier molecular flexibility index (Phi) is 5.36. The van der Waals surface area contributed by atoms with Crippen molar-refractivity contribution < 1.29 is 18.7 Å². The van der Waals surface area contributed by atoms with Gasteiger partial charge in [-0.25, -0.2) is 9.18 Å². The van der Waals surface area contributed by atoms with Gasteiger partial charge in [0, 0.05) is 5.57 Å². The minimum atomic E-state index is -0.412. The van der Waals surface area contributed by atoms with Crippen LogP contribution in [0.15, 0.2) is 29.8 Å². The number of carbonyl (C=O) groups excluding carboxylic acids is 1. The topological polar surface area (TPSA) is 35.5 Å². The molecule has 0 unspecified atom stereocenters. The quantitative estimate of drug-likeness (QED) is 0.597. The number of hydrogen-bond acceptors (Lipinski definition) is 3. The van der Waals surface area contributed by atoms with Crippen molar-refractivity contribution in [1.82, 2.24) is 0 Å². The molecule has 0 aliphatic rings. The molecule has 0 aliphatic carbocycles. The molecule has 1 aromatic rings. The van der Waals surface area contributed by atoms with Crippen molar-refractivity contribution in [3.05, 3.63) is 41.2 Å². The number of ether oxygens (including phenoxy) is 2. The van der Waals surface area contributed by atoms with Crippen LogP contribution in [-0.2, 0) is 9.53 Å². The van der Waals surface area contributed by atoms with Gasteiger partial charge < -0.3 is 9.47 Å². The summed E-state index contributed by atoms with van der Waals surface area (Å²) < 4.78 is 23.3. The molecule has 0 fully saturated rings. The summed E-state index contributed by atoms with van der Waals surface area (Å²) in [6, 6.07) is 4.65. The smallest absolute Gasteiger partial charge is 0.333 e. The molecule has 1 aromatic carbocycles. The van der Waals surface area contributed by atoms with E-state index in [4.69, 9.17) is 4.74 Å². The molecule has 1 rings (SSSR count). The van der Waals surface area contributed by atoms with Crippen molar-refractivity contribution in [1.29, 1.82) is 0 Å². The van der Waals surface area contributed by atoms with Crippen LogP contribution in [-0.4, -0.2) is 19.7 Å². The van der Waals surface area contributed by atoms with E-state index < -0.39 is 5.82 Å². The van der Waals surface area contributed by atoms with Crippen LogP contribution in [0.4, 0.5) is 4.39 Å². The van der Waals surface area contributed by atoms with Gasteiger partial charge in [0.1, 0.15) is 6.61 Å². The number of halogens is 1. The third kappa shape index (κ3) is 3.87. The largest absolute Gasteiger partial charge is 0.486 e. The van der Waals surface area contributed by atoms with Gasteiger partial charge in [-0.05, 0) is 37.1 Å². The Morgan fingerprint density at radius 2 is 2.17 bits per heavy atom. The number of carbonyl (C=O) groups is 1. The highest BCUT2D eigenvalue weighted by Crippen LogP contribution is 2.18. The molecular weight excluding hydrogens is 235 g/mol. The maximum atomic E-state index is 13.4. The number of methoxy groups -OCH3 is 1. The molecule has 0 saturated heterocycles. The minimum Gasteiger partial charge on any atom is -0.486 e. The van der Waals surface area contributed by atoms with Gasteiger partial charge in [0.2, 0.25) is 0 Å². The molecular formula is C14H17FO3. The van der Waals surface area contributed by atoms with Crippen molar-refractivity contribution in [2.75, 3.05) is 13.7 Å². The van der Waals surface area contributed by atoms with Crippen LogP contribution in [0.2, 0.25) is 0 Å². The van der Waals surface area contributed by atoms with Gasteiger partial charge in [-0.1, -0.05) is 13.0 Å². The maximum absolute atomic E-state index is 13.4. The molecule has 0 amide bonds. The number of esters is 1. The first-order valence-corrected chi connectivity index (χ1v) is 5.74. The Balaban J connectivity index is 2.67. The molecule has 0 heterocycles. The summed E-state index contributed by atoms with van der Waals surface area (Å²) in [6.45, 7) is 3.84. The predicted octanol–water partition coefficient (Wildman–Crippen LogP) is 3.02. The lowest BCUT2D eigenvalue weighted by atomic mass is 10.2. The average Bonchev–Trinajstić information content (AvgIpc) is 2.37. The van der Waals surface area contributed by atoms with E-state index in [1.165, 1.54) is 13.2 Å². The van der Waals surface area contributed by atoms with Crippen LogP contribution in [0, 0.1) is 12.7 Å². The second-order valence-electron chi connectivity index (χ2n) is 3.82. The predicted molar refractivity (Wildman–Crippen MR) is 67.0 cm³/mol. The number of aryl methyl sites for hydroxylation is 1.